The van der Waals surface area contributed by atoms with Crippen molar-refractivity contribution in [1.29, 1.82) is 0 Å². The van der Waals surface area contributed by atoms with E-state index in [0.717, 1.165) is 44.0 Å². The van der Waals surface area contributed by atoms with E-state index in [4.69, 9.17) is 11.6 Å². The van der Waals surface area contributed by atoms with Crippen LogP contribution in [0.4, 0.5) is 5.82 Å². The molecule has 2 amide bonds. The van der Waals surface area contributed by atoms with Crippen molar-refractivity contribution in [2.24, 2.45) is 5.92 Å². The van der Waals surface area contributed by atoms with Gasteiger partial charge in [-0.1, -0.05) is 43.0 Å². The predicted molar refractivity (Wildman–Crippen MR) is 132 cm³/mol. The van der Waals surface area contributed by atoms with E-state index in [-0.39, 0.29) is 5.91 Å². The largest absolute Gasteiger partial charge is 0.353 e. The van der Waals surface area contributed by atoms with Gasteiger partial charge in [0.15, 0.2) is 0 Å². The Morgan fingerprint density at radius 2 is 1.82 bits per heavy atom. The van der Waals surface area contributed by atoms with Crippen molar-refractivity contribution in [3.63, 3.8) is 0 Å². The second-order valence-corrected chi connectivity index (χ2v) is 9.55. The first-order valence-corrected chi connectivity index (χ1v) is 12.5. The molecular weight excluding hydrogens is 436 g/mol. The number of hydrogen-bond acceptors (Lipinski definition) is 4. The number of hydrogen-bond donors (Lipinski definition) is 1. The molecule has 2 aromatic rings. The Bertz CT molecular complexity index is 936. The zero-order chi connectivity index (χ0) is 23.0. The standard InChI is InChI=1S/C26H33ClN4O2/c27-23-8-4-7-21(17-23)11-12-28-26(33)22-9-10-24(29-19-22)30-13-15-31(16-14-30)25(32)18-20-5-2-1-3-6-20/h4,7-10,17,19-20H,1-3,5-6,11-16,18H2,(H,28,33). The minimum absolute atomic E-state index is 0.130. The Morgan fingerprint density at radius 1 is 1.03 bits per heavy atom. The number of aromatic nitrogens is 1. The van der Waals surface area contributed by atoms with Gasteiger partial charge in [-0.2, -0.15) is 0 Å². The van der Waals surface area contributed by atoms with Gasteiger partial charge in [-0.3, -0.25) is 9.59 Å². The maximum atomic E-state index is 12.7. The summed E-state index contributed by atoms with van der Waals surface area (Å²) in [5.41, 5.74) is 1.64. The lowest BCUT2D eigenvalue weighted by Gasteiger charge is -2.36. The molecule has 6 nitrogen and oxygen atoms in total. The van der Waals surface area contributed by atoms with Gasteiger partial charge in [-0.15, -0.1) is 0 Å². The quantitative estimate of drug-likeness (QED) is 0.657. The predicted octanol–water partition coefficient (Wildman–Crippen LogP) is 4.33. The molecule has 1 N–H and O–H groups in total. The van der Waals surface area contributed by atoms with Crippen molar-refractivity contribution < 1.29 is 9.59 Å². The number of piperazine rings is 1. The van der Waals surface area contributed by atoms with Crippen LogP contribution in [0, 0.1) is 5.92 Å². The summed E-state index contributed by atoms with van der Waals surface area (Å²) in [7, 11) is 0. The number of halogens is 1. The molecule has 0 atom stereocenters. The smallest absolute Gasteiger partial charge is 0.252 e. The summed E-state index contributed by atoms with van der Waals surface area (Å²) in [5, 5.41) is 3.64. The summed E-state index contributed by atoms with van der Waals surface area (Å²) in [5.74, 6) is 1.61. The maximum Gasteiger partial charge on any atom is 0.252 e. The molecule has 2 fully saturated rings. The number of benzene rings is 1. The fraction of sp³-hybridized carbons (Fsp3) is 0.500. The molecule has 0 spiro atoms. The van der Waals surface area contributed by atoms with Crippen LogP contribution in [0.1, 0.15) is 54.4 Å². The normalized spacial score (nSPS) is 17.1. The van der Waals surface area contributed by atoms with E-state index in [1.54, 1.807) is 6.20 Å². The summed E-state index contributed by atoms with van der Waals surface area (Å²) in [6, 6.07) is 11.4. The van der Waals surface area contributed by atoms with Crippen LogP contribution >= 0.6 is 11.6 Å². The van der Waals surface area contributed by atoms with Crippen LogP contribution in [0.25, 0.3) is 0 Å². The van der Waals surface area contributed by atoms with E-state index in [1.807, 2.05) is 41.3 Å². The molecule has 4 rings (SSSR count). The van der Waals surface area contributed by atoms with Crippen LogP contribution in [0.3, 0.4) is 0 Å². The third-order valence-electron chi connectivity index (χ3n) is 6.74. The van der Waals surface area contributed by atoms with Gasteiger partial charge in [0.2, 0.25) is 5.91 Å². The fourth-order valence-corrected chi connectivity index (χ4v) is 4.99. The van der Waals surface area contributed by atoms with Crippen LogP contribution in [-0.4, -0.2) is 54.4 Å². The van der Waals surface area contributed by atoms with Gasteiger partial charge < -0.3 is 15.1 Å². The molecule has 1 aliphatic heterocycles. The van der Waals surface area contributed by atoms with Crippen LogP contribution in [-0.2, 0) is 11.2 Å². The molecule has 1 saturated carbocycles. The topological polar surface area (TPSA) is 65.5 Å². The first-order valence-electron chi connectivity index (χ1n) is 12.1. The lowest BCUT2D eigenvalue weighted by molar-refractivity contribution is -0.132. The first kappa shape index (κ1) is 23.6. The molecule has 176 valence electrons. The fourth-order valence-electron chi connectivity index (χ4n) is 4.77. The van der Waals surface area contributed by atoms with Crippen LogP contribution < -0.4 is 10.2 Å². The Balaban J connectivity index is 1.21. The molecule has 2 aliphatic rings. The van der Waals surface area contributed by atoms with Gasteiger partial charge in [0.25, 0.3) is 5.91 Å². The number of carbonyl (C=O) groups is 2. The summed E-state index contributed by atoms with van der Waals surface area (Å²) in [6.07, 6.45) is 9.33. The van der Waals surface area contributed by atoms with Gasteiger partial charge in [0.05, 0.1) is 5.56 Å². The number of anilines is 1. The highest BCUT2D eigenvalue weighted by atomic mass is 35.5. The number of nitrogens with one attached hydrogen (secondary N) is 1. The van der Waals surface area contributed by atoms with Crippen molar-refractivity contribution in [3.05, 3.63) is 58.7 Å². The Labute approximate surface area is 201 Å². The molecule has 7 heteroatoms. The SMILES string of the molecule is O=C(NCCc1cccc(Cl)c1)c1ccc(N2CCN(C(=O)CC3CCCCC3)CC2)nc1. The monoisotopic (exact) mass is 468 g/mol. The zero-order valence-corrected chi connectivity index (χ0v) is 19.9. The lowest BCUT2D eigenvalue weighted by atomic mass is 9.86. The molecule has 2 heterocycles. The van der Waals surface area contributed by atoms with Gasteiger partial charge in [0.1, 0.15) is 5.82 Å². The summed E-state index contributed by atoms with van der Waals surface area (Å²) >= 11 is 6.01. The number of rotatable bonds is 7. The van der Waals surface area contributed by atoms with Crippen molar-refractivity contribution in [2.45, 2.75) is 44.9 Å². The molecule has 1 aromatic carbocycles. The van der Waals surface area contributed by atoms with Crippen LogP contribution in [0.5, 0.6) is 0 Å². The summed E-state index contributed by atoms with van der Waals surface area (Å²) in [4.78, 5) is 33.8. The molecular formula is C26H33ClN4O2. The zero-order valence-electron chi connectivity index (χ0n) is 19.1. The maximum absolute atomic E-state index is 12.7. The second kappa shape index (κ2) is 11.5. The minimum Gasteiger partial charge on any atom is -0.353 e. The second-order valence-electron chi connectivity index (χ2n) is 9.12. The third kappa shape index (κ3) is 6.70. The first-order chi connectivity index (χ1) is 16.1. The van der Waals surface area contributed by atoms with E-state index in [2.05, 4.69) is 15.2 Å². The number of nitrogens with zero attached hydrogens (tertiary/aromatic N) is 3. The van der Waals surface area contributed by atoms with E-state index >= 15 is 0 Å². The van der Waals surface area contributed by atoms with E-state index < -0.39 is 0 Å². The highest BCUT2D eigenvalue weighted by Gasteiger charge is 2.25. The number of amides is 2. The Morgan fingerprint density at radius 3 is 2.52 bits per heavy atom. The van der Waals surface area contributed by atoms with E-state index in [1.165, 1.54) is 32.1 Å². The molecule has 0 unspecified atom stereocenters. The van der Waals surface area contributed by atoms with Crippen molar-refractivity contribution in [2.75, 3.05) is 37.6 Å². The van der Waals surface area contributed by atoms with Gasteiger partial charge in [-0.25, -0.2) is 4.98 Å². The highest BCUT2D eigenvalue weighted by molar-refractivity contribution is 6.30. The molecule has 0 radical (unpaired) electrons. The van der Waals surface area contributed by atoms with Gasteiger partial charge in [0, 0.05) is 50.4 Å². The highest BCUT2D eigenvalue weighted by Crippen LogP contribution is 2.27. The summed E-state index contributed by atoms with van der Waals surface area (Å²) < 4.78 is 0. The Kier molecular flexibility index (Phi) is 8.21. The van der Waals surface area contributed by atoms with Crippen LogP contribution in [0.15, 0.2) is 42.6 Å². The molecule has 1 saturated heterocycles. The van der Waals surface area contributed by atoms with Gasteiger partial charge in [-0.05, 0) is 55.0 Å². The van der Waals surface area contributed by atoms with Gasteiger partial charge >= 0.3 is 0 Å². The summed E-state index contributed by atoms with van der Waals surface area (Å²) in [6.45, 7) is 3.55. The lowest BCUT2D eigenvalue weighted by Crippen LogP contribution is -2.49. The molecule has 33 heavy (non-hydrogen) atoms. The average Bonchev–Trinajstić information content (AvgIpc) is 2.85. The van der Waals surface area contributed by atoms with Crippen LogP contribution in [0.2, 0.25) is 5.02 Å². The molecule has 0 bridgehead atoms. The third-order valence-corrected chi connectivity index (χ3v) is 6.98. The molecule has 1 aliphatic carbocycles. The van der Waals surface area contributed by atoms with E-state index in [0.29, 0.717) is 35.4 Å². The van der Waals surface area contributed by atoms with Crippen molar-refractivity contribution in [1.82, 2.24) is 15.2 Å². The number of pyridine rings is 1. The van der Waals surface area contributed by atoms with E-state index in [9.17, 15) is 9.59 Å². The van der Waals surface area contributed by atoms with Crippen molar-refractivity contribution >= 4 is 29.2 Å². The minimum atomic E-state index is -0.130. The van der Waals surface area contributed by atoms with Crippen molar-refractivity contribution in [3.8, 4) is 0 Å². The number of carbonyl (C=O) groups excluding carboxylic acids is 2. The molecule has 1 aromatic heterocycles. The average molecular weight is 469 g/mol. The Hall–Kier alpha value is -2.60.